The Labute approximate surface area is 135 Å². The first kappa shape index (κ1) is 16.9. The quantitative estimate of drug-likeness (QED) is 0.580. The van der Waals surface area contributed by atoms with E-state index in [2.05, 4.69) is 0 Å². The van der Waals surface area contributed by atoms with Gasteiger partial charge in [-0.15, -0.1) is 0 Å². The van der Waals surface area contributed by atoms with Crippen molar-refractivity contribution in [1.29, 1.82) is 0 Å². The molecule has 128 valence electrons. The van der Waals surface area contributed by atoms with Gasteiger partial charge in [0.1, 0.15) is 23.1 Å². The standard InChI is InChI=1S/C15H7F7OS/c16-6-3-7(17)5-8(4-6)23-10-2-1-9-12(11(10)14(19)20)24-15(21,22)13(9)18/h1-5,13-14H/t13-/m1/s1. The summed E-state index contributed by atoms with van der Waals surface area (Å²) in [6, 6.07) is 3.80. The molecule has 0 aliphatic carbocycles. The zero-order valence-corrected chi connectivity index (χ0v) is 12.3. The fraction of sp³-hybridized carbons (Fsp3) is 0.200. The number of fused-ring (bicyclic) bond motifs is 1. The van der Waals surface area contributed by atoms with E-state index in [-0.39, 0.29) is 11.8 Å². The maximum atomic E-state index is 13.6. The third-order valence-electron chi connectivity index (χ3n) is 3.27. The third kappa shape index (κ3) is 2.92. The summed E-state index contributed by atoms with van der Waals surface area (Å²) in [5.41, 5.74) is -1.51. The molecule has 0 N–H and O–H groups in total. The van der Waals surface area contributed by atoms with E-state index >= 15 is 0 Å². The van der Waals surface area contributed by atoms with E-state index in [1.807, 2.05) is 0 Å². The predicted octanol–water partition coefficient (Wildman–Crippen LogP) is 6.40. The van der Waals surface area contributed by atoms with Gasteiger partial charge in [0.15, 0.2) is 6.17 Å². The largest absolute Gasteiger partial charge is 0.457 e. The van der Waals surface area contributed by atoms with Crippen LogP contribution in [0.5, 0.6) is 11.5 Å². The summed E-state index contributed by atoms with van der Waals surface area (Å²) in [4.78, 5) is -0.628. The number of thioether (sulfide) groups is 1. The van der Waals surface area contributed by atoms with Crippen LogP contribution in [0.4, 0.5) is 30.7 Å². The minimum atomic E-state index is -3.88. The van der Waals surface area contributed by atoms with Crippen LogP contribution in [-0.2, 0) is 0 Å². The van der Waals surface area contributed by atoms with Crippen LogP contribution in [0.25, 0.3) is 0 Å². The molecule has 1 nitrogen and oxygen atoms in total. The van der Waals surface area contributed by atoms with E-state index in [4.69, 9.17) is 4.74 Å². The maximum absolute atomic E-state index is 13.6. The number of benzene rings is 2. The highest BCUT2D eigenvalue weighted by molar-refractivity contribution is 8.00. The molecule has 0 unspecified atom stereocenters. The van der Waals surface area contributed by atoms with Gasteiger partial charge in [0.2, 0.25) is 0 Å². The summed E-state index contributed by atoms with van der Waals surface area (Å²) in [7, 11) is 0. The van der Waals surface area contributed by atoms with Crippen LogP contribution in [0.3, 0.4) is 0 Å². The van der Waals surface area contributed by atoms with Gasteiger partial charge in [-0.05, 0) is 17.8 Å². The number of halogens is 7. The highest BCUT2D eigenvalue weighted by Crippen LogP contribution is 2.59. The van der Waals surface area contributed by atoms with Crippen molar-refractivity contribution < 1.29 is 35.5 Å². The van der Waals surface area contributed by atoms with Crippen LogP contribution in [-0.4, -0.2) is 5.25 Å². The van der Waals surface area contributed by atoms with Gasteiger partial charge >= 0.3 is 5.25 Å². The van der Waals surface area contributed by atoms with Crippen LogP contribution in [0.1, 0.15) is 23.7 Å². The van der Waals surface area contributed by atoms with Gasteiger partial charge in [0, 0.05) is 28.7 Å². The Morgan fingerprint density at radius 1 is 1.04 bits per heavy atom. The van der Waals surface area contributed by atoms with Crippen LogP contribution in [0, 0.1) is 11.6 Å². The smallest absolute Gasteiger partial charge is 0.333 e. The van der Waals surface area contributed by atoms with Crippen LogP contribution in [0.15, 0.2) is 35.2 Å². The third-order valence-corrected chi connectivity index (χ3v) is 4.41. The summed E-state index contributed by atoms with van der Waals surface area (Å²) < 4.78 is 98.5. The molecule has 1 aliphatic heterocycles. The molecule has 0 radical (unpaired) electrons. The minimum Gasteiger partial charge on any atom is -0.457 e. The molecule has 24 heavy (non-hydrogen) atoms. The van der Waals surface area contributed by atoms with Crippen LogP contribution < -0.4 is 4.74 Å². The predicted molar refractivity (Wildman–Crippen MR) is 72.5 cm³/mol. The van der Waals surface area contributed by atoms with Gasteiger partial charge in [-0.2, -0.15) is 8.78 Å². The lowest BCUT2D eigenvalue weighted by molar-refractivity contribution is 0.0187. The lowest BCUT2D eigenvalue weighted by atomic mass is 10.1. The van der Waals surface area contributed by atoms with Crippen LogP contribution >= 0.6 is 11.8 Å². The van der Waals surface area contributed by atoms with Crippen LogP contribution in [0.2, 0.25) is 0 Å². The van der Waals surface area contributed by atoms with E-state index in [1.54, 1.807) is 0 Å². The van der Waals surface area contributed by atoms with Crippen molar-refractivity contribution in [2.24, 2.45) is 0 Å². The van der Waals surface area contributed by atoms with E-state index in [0.717, 1.165) is 24.3 Å². The fourth-order valence-corrected chi connectivity index (χ4v) is 3.38. The van der Waals surface area contributed by atoms with Gasteiger partial charge in [0.25, 0.3) is 6.43 Å². The Hall–Kier alpha value is -1.90. The van der Waals surface area contributed by atoms with E-state index in [9.17, 15) is 30.7 Å². The topological polar surface area (TPSA) is 9.23 Å². The summed E-state index contributed by atoms with van der Waals surface area (Å²) in [5.74, 6) is -3.02. The van der Waals surface area contributed by atoms with Crippen molar-refractivity contribution in [2.75, 3.05) is 0 Å². The lowest BCUT2D eigenvalue weighted by Crippen LogP contribution is -2.11. The summed E-state index contributed by atoms with van der Waals surface area (Å²) >= 11 is -0.329. The molecule has 1 heterocycles. The first-order chi connectivity index (χ1) is 11.2. The lowest BCUT2D eigenvalue weighted by Gasteiger charge is -2.14. The highest BCUT2D eigenvalue weighted by Gasteiger charge is 2.51. The molecule has 1 atom stereocenters. The van der Waals surface area contributed by atoms with Crippen molar-refractivity contribution >= 4 is 11.8 Å². The zero-order chi connectivity index (χ0) is 17.6. The number of alkyl halides is 5. The second-order valence-corrected chi connectivity index (χ2v) is 6.09. The molecule has 0 saturated carbocycles. The molecule has 3 rings (SSSR count). The Kier molecular flexibility index (Phi) is 4.15. The Bertz CT molecular complexity index is 773. The van der Waals surface area contributed by atoms with Gasteiger partial charge in [0.05, 0.1) is 5.56 Å². The number of rotatable bonds is 3. The van der Waals surface area contributed by atoms with Crippen molar-refractivity contribution in [3.63, 3.8) is 0 Å². The molecule has 1 aliphatic rings. The Balaban J connectivity index is 2.07. The molecule has 0 spiro atoms. The normalized spacial score (nSPS) is 18.8. The first-order valence-corrected chi connectivity index (χ1v) is 7.30. The minimum absolute atomic E-state index is 0.329. The molecular weight excluding hydrogens is 361 g/mol. The zero-order valence-electron chi connectivity index (χ0n) is 11.5. The highest BCUT2D eigenvalue weighted by atomic mass is 32.2. The van der Waals surface area contributed by atoms with E-state index in [1.165, 1.54) is 0 Å². The van der Waals surface area contributed by atoms with Gasteiger partial charge in [-0.1, -0.05) is 6.07 Å². The molecule has 0 fully saturated rings. The Morgan fingerprint density at radius 2 is 1.67 bits per heavy atom. The SMILES string of the molecule is Fc1cc(F)cc(Oc2ccc3c(c2C(F)F)SC(F)(F)[C@@H]3F)c1. The molecule has 0 amide bonds. The number of ether oxygens (including phenoxy) is 1. The summed E-state index contributed by atoms with van der Waals surface area (Å²) in [6.07, 6.45) is -5.97. The van der Waals surface area contributed by atoms with Crippen molar-refractivity contribution in [2.45, 2.75) is 22.7 Å². The van der Waals surface area contributed by atoms with Gasteiger partial charge < -0.3 is 4.74 Å². The number of hydrogen-bond donors (Lipinski definition) is 0. The van der Waals surface area contributed by atoms with E-state index < -0.39 is 57.0 Å². The monoisotopic (exact) mass is 368 g/mol. The molecule has 0 aromatic heterocycles. The fourth-order valence-electron chi connectivity index (χ4n) is 2.29. The maximum Gasteiger partial charge on any atom is 0.333 e. The van der Waals surface area contributed by atoms with Gasteiger partial charge in [-0.25, -0.2) is 22.0 Å². The molecular formula is C15H7F7OS. The second-order valence-electron chi connectivity index (χ2n) is 4.93. The molecule has 2 aromatic rings. The average Bonchev–Trinajstić information content (AvgIpc) is 2.67. The second kappa shape index (κ2) is 5.87. The van der Waals surface area contributed by atoms with E-state index in [0.29, 0.717) is 6.07 Å². The average molecular weight is 368 g/mol. The van der Waals surface area contributed by atoms with Crippen molar-refractivity contribution in [1.82, 2.24) is 0 Å². The van der Waals surface area contributed by atoms with Crippen molar-refractivity contribution in [3.8, 4) is 11.5 Å². The molecule has 2 aromatic carbocycles. The summed E-state index contributed by atoms with van der Waals surface area (Å²) in [5, 5.41) is -3.88. The molecule has 9 heteroatoms. The molecule has 0 bridgehead atoms. The van der Waals surface area contributed by atoms with Gasteiger partial charge in [-0.3, -0.25) is 0 Å². The first-order valence-electron chi connectivity index (χ1n) is 6.49. The van der Waals surface area contributed by atoms with Crippen molar-refractivity contribution in [3.05, 3.63) is 53.1 Å². The Morgan fingerprint density at radius 3 is 2.25 bits per heavy atom. The summed E-state index contributed by atoms with van der Waals surface area (Å²) in [6.45, 7) is 0. The number of hydrogen-bond acceptors (Lipinski definition) is 2. The molecule has 0 saturated heterocycles.